The molecule has 0 fully saturated rings. The van der Waals surface area contributed by atoms with Crippen LogP contribution in [-0.2, 0) is 4.79 Å². The maximum Gasteiger partial charge on any atom is 0.242 e. The Labute approximate surface area is 98.8 Å². The van der Waals surface area contributed by atoms with Crippen molar-refractivity contribution >= 4 is 5.91 Å². The molecular formula is C12H26N2O2. The van der Waals surface area contributed by atoms with Crippen LogP contribution in [0.15, 0.2) is 0 Å². The topological polar surface area (TPSA) is 66.6 Å². The number of rotatable bonds is 6. The van der Waals surface area contributed by atoms with Gasteiger partial charge < -0.3 is 15.7 Å². The molecule has 0 aromatic carbocycles. The number of nitrogens with two attached hydrogens (primary N) is 1. The molecule has 3 N–H and O–H groups in total. The van der Waals surface area contributed by atoms with E-state index in [1.165, 1.54) is 4.90 Å². The second-order valence-electron chi connectivity index (χ2n) is 5.22. The molecule has 0 heterocycles. The molecule has 4 heteroatoms. The van der Waals surface area contributed by atoms with Gasteiger partial charge in [-0.15, -0.1) is 0 Å². The van der Waals surface area contributed by atoms with Crippen LogP contribution < -0.4 is 5.73 Å². The van der Waals surface area contributed by atoms with Crippen LogP contribution in [0, 0.1) is 5.92 Å². The van der Waals surface area contributed by atoms with E-state index >= 15 is 0 Å². The molecule has 0 spiro atoms. The van der Waals surface area contributed by atoms with Crippen LogP contribution in [0.3, 0.4) is 0 Å². The average molecular weight is 230 g/mol. The molecule has 0 aliphatic heterocycles. The van der Waals surface area contributed by atoms with Gasteiger partial charge in [0, 0.05) is 20.5 Å². The van der Waals surface area contributed by atoms with Crippen molar-refractivity contribution in [3.63, 3.8) is 0 Å². The van der Waals surface area contributed by atoms with E-state index in [9.17, 15) is 9.90 Å². The van der Waals surface area contributed by atoms with Crippen molar-refractivity contribution in [2.75, 3.05) is 14.1 Å². The van der Waals surface area contributed by atoms with Gasteiger partial charge in [-0.2, -0.15) is 0 Å². The first kappa shape index (κ1) is 15.4. The van der Waals surface area contributed by atoms with Gasteiger partial charge in [0.25, 0.3) is 0 Å². The highest BCUT2D eigenvalue weighted by molar-refractivity contribution is 5.85. The third-order valence-electron chi connectivity index (χ3n) is 2.68. The van der Waals surface area contributed by atoms with E-state index < -0.39 is 11.6 Å². The van der Waals surface area contributed by atoms with Crippen LogP contribution >= 0.6 is 0 Å². The van der Waals surface area contributed by atoms with E-state index in [-0.39, 0.29) is 5.91 Å². The van der Waals surface area contributed by atoms with Crippen molar-refractivity contribution in [3.05, 3.63) is 0 Å². The highest BCUT2D eigenvalue weighted by atomic mass is 16.3. The molecule has 0 aromatic rings. The molecule has 0 saturated heterocycles. The van der Waals surface area contributed by atoms with Crippen molar-refractivity contribution in [2.24, 2.45) is 11.7 Å². The maximum absolute atomic E-state index is 12.0. The Morgan fingerprint density at radius 1 is 1.38 bits per heavy atom. The fraction of sp³-hybridized carbons (Fsp3) is 0.917. The molecule has 4 nitrogen and oxygen atoms in total. The first-order chi connectivity index (χ1) is 7.23. The summed E-state index contributed by atoms with van der Waals surface area (Å²) in [5.41, 5.74) is 5.23. The summed E-state index contributed by atoms with van der Waals surface area (Å²) in [4.78, 5) is 13.5. The zero-order valence-corrected chi connectivity index (χ0v) is 11.2. The number of likely N-dealkylation sites (N-methyl/N-ethyl adjacent to an activating group) is 1. The number of hydrogen-bond donors (Lipinski definition) is 2. The number of hydrogen-bond acceptors (Lipinski definition) is 3. The van der Waals surface area contributed by atoms with Gasteiger partial charge in [-0.1, -0.05) is 20.8 Å². The van der Waals surface area contributed by atoms with Crippen molar-refractivity contribution in [1.82, 2.24) is 4.90 Å². The van der Waals surface area contributed by atoms with E-state index in [2.05, 4.69) is 0 Å². The van der Waals surface area contributed by atoms with Gasteiger partial charge in [-0.25, -0.2) is 0 Å². The normalized spacial score (nSPS) is 17.0. The summed E-state index contributed by atoms with van der Waals surface area (Å²) in [6, 6.07) is 0. The van der Waals surface area contributed by atoms with Crippen LogP contribution in [0.4, 0.5) is 0 Å². The fourth-order valence-corrected chi connectivity index (χ4v) is 2.00. The summed E-state index contributed by atoms with van der Waals surface area (Å²) in [6.07, 6.45) is 1.05. The lowest BCUT2D eigenvalue weighted by Crippen LogP contribution is -2.55. The Bertz CT molecular complexity index is 229. The summed E-state index contributed by atoms with van der Waals surface area (Å²) < 4.78 is 0. The molecule has 1 amide bonds. The Hall–Kier alpha value is -0.610. The zero-order valence-electron chi connectivity index (χ0n) is 11.2. The second kappa shape index (κ2) is 6.21. The number of aliphatic hydroxyl groups excluding tert-OH is 1. The lowest BCUT2D eigenvalue weighted by Gasteiger charge is -2.33. The van der Waals surface area contributed by atoms with Crippen molar-refractivity contribution in [2.45, 2.75) is 51.7 Å². The van der Waals surface area contributed by atoms with Crippen LogP contribution in [0.2, 0.25) is 0 Å². The smallest absolute Gasteiger partial charge is 0.242 e. The zero-order chi connectivity index (χ0) is 12.9. The van der Waals surface area contributed by atoms with Crippen molar-refractivity contribution in [3.8, 4) is 0 Å². The largest absolute Gasteiger partial charge is 0.393 e. The molecule has 0 saturated carbocycles. The van der Waals surface area contributed by atoms with Gasteiger partial charge in [0.2, 0.25) is 5.91 Å². The van der Waals surface area contributed by atoms with Crippen molar-refractivity contribution in [1.29, 1.82) is 0 Å². The summed E-state index contributed by atoms with van der Waals surface area (Å²) in [6.45, 7) is 5.95. The second-order valence-corrected chi connectivity index (χ2v) is 5.22. The SMILES string of the molecule is CCC(O)CC(N)(CC(C)C)C(=O)N(C)C. The van der Waals surface area contributed by atoms with Crippen molar-refractivity contribution < 1.29 is 9.90 Å². The van der Waals surface area contributed by atoms with E-state index in [4.69, 9.17) is 5.73 Å². The monoisotopic (exact) mass is 230 g/mol. The van der Waals surface area contributed by atoms with Gasteiger partial charge >= 0.3 is 0 Å². The van der Waals surface area contributed by atoms with Gasteiger partial charge in [0.15, 0.2) is 0 Å². The number of carbonyl (C=O) groups is 1. The molecule has 2 unspecified atom stereocenters. The van der Waals surface area contributed by atoms with Crippen LogP contribution in [0.5, 0.6) is 0 Å². The number of amides is 1. The Morgan fingerprint density at radius 2 is 1.88 bits per heavy atom. The Balaban J connectivity index is 4.80. The lowest BCUT2D eigenvalue weighted by molar-refractivity contribution is -0.136. The van der Waals surface area contributed by atoms with Crippen LogP contribution in [0.25, 0.3) is 0 Å². The summed E-state index contributed by atoms with van der Waals surface area (Å²) in [5, 5.41) is 9.69. The molecule has 0 aliphatic rings. The highest BCUT2D eigenvalue weighted by Crippen LogP contribution is 2.22. The first-order valence-corrected chi connectivity index (χ1v) is 5.91. The van der Waals surface area contributed by atoms with E-state index in [0.29, 0.717) is 25.2 Å². The molecule has 96 valence electrons. The average Bonchev–Trinajstić information content (AvgIpc) is 2.14. The number of aliphatic hydroxyl groups is 1. The summed E-state index contributed by atoms with van der Waals surface area (Å²) >= 11 is 0. The minimum atomic E-state index is -0.937. The third kappa shape index (κ3) is 4.49. The fourth-order valence-electron chi connectivity index (χ4n) is 2.00. The molecular weight excluding hydrogens is 204 g/mol. The standard InChI is InChI=1S/C12H26N2O2/c1-6-10(15)8-12(13,7-9(2)3)11(16)14(4)5/h9-10,15H,6-8,13H2,1-5H3. The molecule has 0 bridgehead atoms. The third-order valence-corrected chi connectivity index (χ3v) is 2.68. The van der Waals surface area contributed by atoms with Crippen LogP contribution in [-0.4, -0.2) is 41.7 Å². The lowest BCUT2D eigenvalue weighted by atomic mass is 9.83. The molecule has 2 atom stereocenters. The number of nitrogens with zero attached hydrogens (tertiary/aromatic N) is 1. The first-order valence-electron chi connectivity index (χ1n) is 5.91. The Kier molecular flexibility index (Phi) is 5.97. The van der Waals surface area contributed by atoms with E-state index in [1.807, 2.05) is 20.8 Å². The molecule has 0 rings (SSSR count). The molecule has 0 radical (unpaired) electrons. The predicted molar refractivity (Wildman–Crippen MR) is 66.0 cm³/mol. The summed E-state index contributed by atoms with van der Waals surface area (Å²) in [7, 11) is 3.39. The molecule has 0 aliphatic carbocycles. The molecule has 0 aromatic heterocycles. The minimum absolute atomic E-state index is 0.103. The van der Waals surface area contributed by atoms with E-state index in [1.54, 1.807) is 14.1 Å². The van der Waals surface area contributed by atoms with Gasteiger partial charge in [-0.05, 0) is 18.8 Å². The maximum atomic E-state index is 12.0. The Morgan fingerprint density at radius 3 is 2.19 bits per heavy atom. The number of carbonyl (C=O) groups excluding carboxylic acids is 1. The highest BCUT2D eigenvalue weighted by Gasteiger charge is 2.37. The van der Waals surface area contributed by atoms with E-state index in [0.717, 1.165) is 0 Å². The quantitative estimate of drug-likeness (QED) is 0.715. The predicted octanol–water partition coefficient (Wildman–Crippen LogP) is 0.979. The van der Waals surface area contributed by atoms with Gasteiger partial charge in [0.1, 0.15) is 0 Å². The van der Waals surface area contributed by atoms with Gasteiger partial charge in [-0.3, -0.25) is 4.79 Å². The van der Waals surface area contributed by atoms with Crippen LogP contribution in [0.1, 0.15) is 40.0 Å². The van der Waals surface area contributed by atoms with Gasteiger partial charge in [0.05, 0.1) is 11.6 Å². The molecule has 16 heavy (non-hydrogen) atoms. The summed E-state index contributed by atoms with van der Waals surface area (Å²) in [5.74, 6) is 0.228. The minimum Gasteiger partial charge on any atom is -0.393 e.